The Morgan fingerprint density at radius 3 is 1.62 bits per heavy atom. The van der Waals surface area contributed by atoms with Crippen molar-refractivity contribution in [1.82, 2.24) is 15.2 Å². The van der Waals surface area contributed by atoms with Crippen LogP contribution in [0.25, 0.3) is 0 Å². The van der Waals surface area contributed by atoms with Gasteiger partial charge in [0, 0.05) is 40.5 Å². The fraction of sp³-hybridized carbons (Fsp3) is 0.135. The summed E-state index contributed by atoms with van der Waals surface area (Å²) in [6.45, 7) is 0.0591. The molecular formula is C52H43N5O7S2. The number of hydrogen-bond donors (Lipinski definition) is 3. The number of amides is 2. The van der Waals surface area contributed by atoms with Gasteiger partial charge in [-0.25, -0.2) is 9.78 Å². The molecule has 2 aliphatic heterocycles. The lowest BCUT2D eigenvalue weighted by Crippen LogP contribution is -2.70. The van der Waals surface area contributed by atoms with E-state index < -0.39 is 40.5 Å². The number of carbonyl (C=O) groups excluding carboxylic acids is 2. The molecule has 3 N–H and O–H groups in total. The van der Waals surface area contributed by atoms with Gasteiger partial charge in [-0.05, 0) is 16.7 Å². The largest absolute Gasteiger partial charge is 0.512 e. The first-order valence-corrected chi connectivity index (χ1v) is 23.0. The number of ether oxygens (including phenoxy) is 2. The number of benzene rings is 6. The van der Waals surface area contributed by atoms with Gasteiger partial charge < -0.3 is 30.1 Å². The average molecular weight is 914 g/mol. The Balaban J connectivity index is 1.16. The molecule has 66 heavy (non-hydrogen) atoms. The molecular weight excluding hydrogens is 871 g/mol. The van der Waals surface area contributed by atoms with Crippen LogP contribution in [-0.2, 0) is 35.0 Å². The SMILES string of the molecule is COCC1=C(OC(=O)O)N2C(=O)C(NC(=O)/C(=N\OC(c3ccccc3)(c3ccccc3)c3ccccc3)c3csc(NC(c4ccccc4)(c4ccccc4)c4ccccc4)n3)[C@@H]2SC1. The molecule has 0 radical (unpaired) electrons. The molecule has 0 bridgehead atoms. The van der Waals surface area contributed by atoms with Gasteiger partial charge in [0.1, 0.15) is 22.6 Å². The number of aromatic nitrogens is 1. The Labute approximate surface area is 389 Å². The van der Waals surface area contributed by atoms with Crippen molar-refractivity contribution in [1.29, 1.82) is 0 Å². The molecule has 12 nitrogen and oxygen atoms in total. The van der Waals surface area contributed by atoms with Crippen LogP contribution in [0.1, 0.15) is 39.1 Å². The molecule has 1 saturated heterocycles. The van der Waals surface area contributed by atoms with Crippen LogP contribution in [0.15, 0.2) is 204 Å². The summed E-state index contributed by atoms with van der Waals surface area (Å²) >= 11 is 2.64. The highest BCUT2D eigenvalue weighted by Crippen LogP contribution is 2.44. The summed E-state index contributed by atoms with van der Waals surface area (Å²) in [5, 5.41) is 22.6. The molecule has 6 aromatic carbocycles. The molecule has 2 aliphatic rings. The van der Waals surface area contributed by atoms with Gasteiger partial charge in [-0.15, -0.1) is 23.1 Å². The van der Waals surface area contributed by atoms with E-state index in [9.17, 15) is 19.5 Å². The van der Waals surface area contributed by atoms with Gasteiger partial charge in [0.2, 0.25) is 11.5 Å². The summed E-state index contributed by atoms with van der Waals surface area (Å²) in [7, 11) is 1.47. The number of rotatable bonds is 16. The van der Waals surface area contributed by atoms with E-state index in [2.05, 4.69) is 47.0 Å². The second-order valence-corrected chi connectivity index (χ2v) is 17.4. The van der Waals surface area contributed by atoms with Crippen molar-refractivity contribution in [3.8, 4) is 0 Å². The van der Waals surface area contributed by atoms with Gasteiger partial charge >= 0.3 is 6.16 Å². The van der Waals surface area contributed by atoms with Gasteiger partial charge in [0.25, 0.3) is 11.8 Å². The summed E-state index contributed by atoms with van der Waals surface area (Å²) < 4.78 is 10.4. The number of β-lactam (4-membered cyclic amide) rings is 1. The molecule has 3 heterocycles. The molecule has 9 rings (SSSR count). The predicted molar refractivity (Wildman–Crippen MR) is 255 cm³/mol. The minimum atomic E-state index is -1.57. The van der Waals surface area contributed by atoms with Crippen LogP contribution in [0.5, 0.6) is 0 Å². The van der Waals surface area contributed by atoms with E-state index in [4.69, 9.17) is 24.5 Å². The van der Waals surface area contributed by atoms with Gasteiger partial charge in [-0.2, -0.15) is 0 Å². The molecule has 0 aliphatic carbocycles. The quantitative estimate of drug-likeness (QED) is 0.0282. The van der Waals surface area contributed by atoms with Crippen LogP contribution in [0, 0.1) is 0 Å². The number of carbonyl (C=O) groups is 3. The lowest BCUT2D eigenvalue weighted by molar-refractivity contribution is -0.148. The van der Waals surface area contributed by atoms with Crippen LogP contribution in [-0.4, -0.2) is 69.6 Å². The molecule has 1 aromatic heterocycles. The second-order valence-electron chi connectivity index (χ2n) is 15.4. The number of fused-ring (bicyclic) bond motifs is 1. The smallest absolute Gasteiger partial charge is 0.449 e. The van der Waals surface area contributed by atoms with Crippen molar-refractivity contribution in [3.05, 3.63) is 238 Å². The molecule has 330 valence electrons. The molecule has 1 unspecified atom stereocenters. The van der Waals surface area contributed by atoms with Crippen molar-refractivity contribution in [2.24, 2.45) is 5.16 Å². The van der Waals surface area contributed by atoms with Crippen molar-refractivity contribution in [2.75, 3.05) is 24.8 Å². The van der Waals surface area contributed by atoms with Crippen molar-refractivity contribution >= 4 is 51.9 Å². The molecule has 0 spiro atoms. The number of oxime groups is 1. The lowest BCUT2D eigenvalue weighted by atomic mass is 9.77. The number of nitrogens with zero attached hydrogens (tertiary/aromatic N) is 3. The maximum Gasteiger partial charge on any atom is 0.512 e. The fourth-order valence-electron chi connectivity index (χ4n) is 8.47. The number of anilines is 1. The zero-order valence-electron chi connectivity index (χ0n) is 35.5. The minimum Gasteiger partial charge on any atom is -0.449 e. The molecule has 1 fully saturated rings. The number of thioether (sulfide) groups is 1. The Kier molecular flexibility index (Phi) is 12.8. The number of carboxylic acid groups (broad SMARTS) is 1. The molecule has 2 atom stereocenters. The van der Waals surface area contributed by atoms with E-state index in [-0.39, 0.29) is 23.9 Å². The molecule has 2 amide bonds. The second kappa shape index (κ2) is 19.3. The van der Waals surface area contributed by atoms with Crippen LogP contribution >= 0.6 is 23.1 Å². The maximum atomic E-state index is 15.0. The standard InChI is InChI=1S/C52H43N5O7S2/c1-62-32-35-33-65-48-44(46(59)57(48)47(35)63-50(60)61)54-45(58)43(56-64-52(39-26-14-5-15-27-39,40-28-16-6-17-29-40)41-30-18-7-19-31-41)42-34-66-49(53-42)55-51(36-20-8-2-9-21-36,37-22-10-3-11-23-37)38-24-12-4-13-25-38/h2-31,34,44,48H,32-33H2,1H3,(H,53,55)(H,54,58)(H,60,61)/b56-43-/t44?,48-/m0/s1. The van der Waals surface area contributed by atoms with Crippen molar-refractivity contribution in [3.63, 3.8) is 0 Å². The van der Waals surface area contributed by atoms with Gasteiger partial charge in [-0.1, -0.05) is 187 Å². The van der Waals surface area contributed by atoms with E-state index in [1.165, 1.54) is 35.1 Å². The Hall–Kier alpha value is -7.52. The zero-order valence-corrected chi connectivity index (χ0v) is 37.2. The van der Waals surface area contributed by atoms with E-state index >= 15 is 0 Å². The number of hydrogen-bond acceptors (Lipinski definition) is 11. The van der Waals surface area contributed by atoms with Crippen LogP contribution in [0.2, 0.25) is 0 Å². The van der Waals surface area contributed by atoms with E-state index in [0.29, 0.717) is 16.5 Å². The highest BCUT2D eigenvalue weighted by atomic mass is 32.2. The average Bonchev–Trinajstić information content (AvgIpc) is 3.83. The summed E-state index contributed by atoms with van der Waals surface area (Å²) in [4.78, 5) is 53.8. The Morgan fingerprint density at radius 2 is 1.18 bits per heavy atom. The first-order chi connectivity index (χ1) is 32.3. The lowest BCUT2D eigenvalue weighted by Gasteiger charge is -2.49. The van der Waals surface area contributed by atoms with E-state index in [0.717, 1.165) is 33.4 Å². The van der Waals surface area contributed by atoms with E-state index in [1.54, 1.807) is 5.38 Å². The van der Waals surface area contributed by atoms with Gasteiger partial charge in [-0.3, -0.25) is 14.5 Å². The summed E-state index contributed by atoms with van der Waals surface area (Å²) in [5.74, 6) is -1.10. The summed E-state index contributed by atoms with van der Waals surface area (Å²) in [6.07, 6.45) is -1.57. The third kappa shape index (κ3) is 8.33. The molecule has 7 aromatic rings. The normalized spacial score (nSPS) is 16.2. The van der Waals surface area contributed by atoms with Crippen LogP contribution in [0.4, 0.5) is 9.93 Å². The van der Waals surface area contributed by atoms with E-state index in [1.807, 2.05) is 146 Å². The first-order valence-electron chi connectivity index (χ1n) is 21.0. The minimum absolute atomic E-state index is 0.0591. The fourth-order valence-corrected chi connectivity index (χ4v) is 10.5. The number of nitrogens with one attached hydrogen (secondary N) is 2. The van der Waals surface area contributed by atoms with Crippen molar-refractivity contribution < 1.29 is 33.8 Å². The summed E-state index contributed by atoms with van der Waals surface area (Å²) in [6, 6.07) is 58.1. The van der Waals surface area contributed by atoms with Gasteiger partial charge in [0.15, 0.2) is 10.8 Å². The highest BCUT2D eigenvalue weighted by molar-refractivity contribution is 8.00. The molecule has 14 heteroatoms. The van der Waals surface area contributed by atoms with Crippen LogP contribution < -0.4 is 10.6 Å². The Bertz CT molecular complexity index is 2670. The Morgan fingerprint density at radius 1 is 0.727 bits per heavy atom. The van der Waals surface area contributed by atoms with Gasteiger partial charge in [0.05, 0.1) is 6.61 Å². The zero-order chi connectivity index (χ0) is 45.5. The highest BCUT2D eigenvalue weighted by Gasteiger charge is 2.54. The first kappa shape index (κ1) is 43.7. The van der Waals surface area contributed by atoms with Crippen molar-refractivity contribution in [2.45, 2.75) is 22.6 Å². The maximum absolute atomic E-state index is 15.0. The third-order valence-electron chi connectivity index (χ3n) is 11.5. The third-order valence-corrected chi connectivity index (χ3v) is 13.6. The summed E-state index contributed by atoms with van der Waals surface area (Å²) in [5.41, 5.74) is 3.32. The van der Waals surface area contributed by atoms with Crippen LogP contribution in [0.3, 0.4) is 0 Å². The number of thiazole rings is 1. The molecule has 0 saturated carbocycles. The topological polar surface area (TPSA) is 152 Å². The monoisotopic (exact) mass is 913 g/mol. The predicted octanol–water partition coefficient (Wildman–Crippen LogP) is 9.21. The number of methoxy groups -OCH3 is 1.